The number of aryl methyl sites for hydroxylation is 1. The lowest BCUT2D eigenvalue weighted by molar-refractivity contribution is 0.296. The van der Waals surface area contributed by atoms with Gasteiger partial charge in [0.05, 0.1) is 9.37 Å². The molecule has 112 valence electrons. The number of halogens is 2. The molecule has 0 spiro atoms. The van der Waals surface area contributed by atoms with Crippen LogP contribution in [0.15, 0.2) is 21.5 Å². The van der Waals surface area contributed by atoms with Crippen LogP contribution in [0.2, 0.25) is 0 Å². The van der Waals surface area contributed by atoms with Crippen LogP contribution in [0.4, 0.5) is 4.39 Å². The van der Waals surface area contributed by atoms with Gasteiger partial charge in [-0.3, -0.25) is 0 Å². The number of benzene rings is 1. The van der Waals surface area contributed by atoms with E-state index in [4.69, 9.17) is 0 Å². The van der Waals surface area contributed by atoms with E-state index in [1.54, 1.807) is 14.0 Å². The summed E-state index contributed by atoms with van der Waals surface area (Å²) in [6, 6.07) is 2.58. The van der Waals surface area contributed by atoms with Crippen molar-refractivity contribution >= 4 is 26.0 Å². The summed E-state index contributed by atoms with van der Waals surface area (Å²) in [5.74, 6) is -0.453. The van der Waals surface area contributed by atoms with E-state index in [0.717, 1.165) is 25.9 Å². The Morgan fingerprint density at radius 1 is 1.35 bits per heavy atom. The van der Waals surface area contributed by atoms with Gasteiger partial charge in [0.2, 0.25) is 10.0 Å². The standard InChI is InChI=1S/C13H18BrFN2O2S/c1-9-7-12(15)11(14)8-13(9)20(18,19)17(2)10-3-5-16-6-4-10/h7-8,10,16H,3-6H2,1-2H3. The van der Waals surface area contributed by atoms with Gasteiger partial charge in [-0.15, -0.1) is 0 Å². The molecule has 1 saturated heterocycles. The molecule has 0 atom stereocenters. The highest BCUT2D eigenvalue weighted by Crippen LogP contribution is 2.28. The van der Waals surface area contributed by atoms with Gasteiger partial charge in [-0.2, -0.15) is 4.31 Å². The summed E-state index contributed by atoms with van der Waals surface area (Å²) < 4.78 is 40.4. The Hall–Kier alpha value is -0.500. The van der Waals surface area contributed by atoms with Crippen LogP contribution in [0.5, 0.6) is 0 Å². The van der Waals surface area contributed by atoms with Crippen molar-refractivity contribution in [3.8, 4) is 0 Å². The van der Waals surface area contributed by atoms with Crippen molar-refractivity contribution in [1.82, 2.24) is 9.62 Å². The number of hydrogen-bond acceptors (Lipinski definition) is 3. The molecule has 1 aromatic carbocycles. The molecule has 0 aromatic heterocycles. The van der Waals surface area contributed by atoms with E-state index in [1.807, 2.05) is 0 Å². The maximum atomic E-state index is 13.4. The Kier molecular flexibility index (Phi) is 4.84. The summed E-state index contributed by atoms with van der Waals surface area (Å²) in [6.45, 7) is 3.24. The minimum Gasteiger partial charge on any atom is -0.317 e. The highest BCUT2D eigenvalue weighted by molar-refractivity contribution is 9.10. The van der Waals surface area contributed by atoms with E-state index in [2.05, 4.69) is 21.2 Å². The summed E-state index contributed by atoms with van der Waals surface area (Å²) >= 11 is 3.05. The van der Waals surface area contributed by atoms with Gasteiger partial charge in [-0.1, -0.05) is 0 Å². The molecule has 0 saturated carbocycles. The average Bonchev–Trinajstić information content (AvgIpc) is 2.42. The van der Waals surface area contributed by atoms with Crippen molar-refractivity contribution in [1.29, 1.82) is 0 Å². The predicted molar refractivity (Wildman–Crippen MR) is 79.7 cm³/mol. The molecule has 4 nitrogen and oxygen atoms in total. The minimum atomic E-state index is -3.60. The molecule has 0 amide bonds. The molecule has 0 aliphatic carbocycles. The van der Waals surface area contributed by atoms with E-state index in [1.165, 1.54) is 16.4 Å². The number of sulfonamides is 1. The smallest absolute Gasteiger partial charge is 0.243 e. The monoisotopic (exact) mass is 364 g/mol. The fourth-order valence-corrected chi connectivity index (χ4v) is 4.57. The SMILES string of the molecule is Cc1cc(F)c(Br)cc1S(=O)(=O)N(C)C1CCNCC1. The lowest BCUT2D eigenvalue weighted by Gasteiger charge is -2.31. The topological polar surface area (TPSA) is 49.4 Å². The molecule has 1 aliphatic rings. The van der Waals surface area contributed by atoms with Crippen molar-refractivity contribution in [3.63, 3.8) is 0 Å². The lowest BCUT2D eigenvalue weighted by atomic mass is 10.1. The van der Waals surface area contributed by atoms with E-state index in [9.17, 15) is 12.8 Å². The molecule has 1 fully saturated rings. The van der Waals surface area contributed by atoms with E-state index in [0.29, 0.717) is 5.56 Å². The fraction of sp³-hybridized carbons (Fsp3) is 0.538. The highest BCUT2D eigenvalue weighted by atomic mass is 79.9. The minimum absolute atomic E-state index is 0.00974. The second-order valence-electron chi connectivity index (χ2n) is 5.03. The number of rotatable bonds is 3. The Labute approximate surface area is 127 Å². The number of hydrogen-bond donors (Lipinski definition) is 1. The number of piperidine rings is 1. The number of nitrogens with zero attached hydrogens (tertiary/aromatic N) is 1. The number of nitrogens with one attached hydrogen (secondary N) is 1. The third-order valence-corrected chi connectivity index (χ3v) is 6.36. The van der Waals surface area contributed by atoms with Crippen LogP contribution in [-0.2, 0) is 10.0 Å². The van der Waals surface area contributed by atoms with Crippen LogP contribution in [-0.4, -0.2) is 38.9 Å². The summed E-state index contributed by atoms with van der Waals surface area (Å²) in [4.78, 5) is 0.159. The molecular formula is C13H18BrFN2O2S. The molecule has 2 rings (SSSR count). The Bertz CT molecular complexity index is 601. The molecular weight excluding hydrogens is 347 g/mol. The maximum absolute atomic E-state index is 13.4. The van der Waals surface area contributed by atoms with Crippen LogP contribution < -0.4 is 5.32 Å². The summed E-state index contributed by atoms with van der Waals surface area (Å²) in [5.41, 5.74) is 0.423. The van der Waals surface area contributed by atoms with Gasteiger partial charge in [0.25, 0.3) is 0 Å². The van der Waals surface area contributed by atoms with Gasteiger partial charge in [0.15, 0.2) is 0 Å². The zero-order valence-electron chi connectivity index (χ0n) is 11.5. The second kappa shape index (κ2) is 6.09. The molecule has 0 bridgehead atoms. The zero-order chi connectivity index (χ0) is 14.9. The maximum Gasteiger partial charge on any atom is 0.243 e. The van der Waals surface area contributed by atoms with Crippen LogP contribution >= 0.6 is 15.9 Å². The largest absolute Gasteiger partial charge is 0.317 e. The third-order valence-electron chi connectivity index (χ3n) is 3.70. The molecule has 0 radical (unpaired) electrons. The quantitative estimate of drug-likeness (QED) is 0.894. The first-order chi connectivity index (χ1) is 9.34. The molecule has 0 unspecified atom stereocenters. The molecule has 7 heteroatoms. The van der Waals surface area contributed by atoms with Gasteiger partial charge < -0.3 is 5.32 Å². The average molecular weight is 365 g/mol. The normalized spacial score (nSPS) is 17.6. The molecule has 20 heavy (non-hydrogen) atoms. The molecule has 1 heterocycles. The van der Waals surface area contributed by atoms with Crippen molar-refractivity contribution < 1.29 is 12.8 Å². The summed E-state index contributed by atoms with van der Waals surface area (Å²) in [7, 11) is -2.00. The predicted octanol–water partition coefficient (Wildman–Crippen LogP) is 2.27. The van der Waals surface area contributed by atoms with Crippen LogP contribution in [0.1, 0.15) is 18.4 Å². The Balaban J connectivity index is 2.36. The summed E-state index contributed by atoms with van der Waals surface area (Å²) in [6.07, 6.45) is 1.58. The molecule has 1 aliphatic heterocycles. The lowest BCUT2D eigenvalue weighted by Crippen LogP contribution is -2.44. The van der Waals surface area contributed by atoms with Gasteiger partial charge in [-0.05, 0) is 66.5 Å². The van der Waals surface area contributed by atoms with Crippen molar-refractivity contribution in [2.75, 3.05) is 20.1 Å². The highest BCUT2D eigenvalue weighted by Gasteiger charge is 2.30. The van der Waals surface area contributed by atoms with Crippen molar-refractivity contribution in [3.05, 3.63) is 28.0 Å². The van der Waals surface area contributed by atoms with E-state index >= 15 is 0 Å². The van der Waals surface area contributed by atoms with Gasteiger partial charge in [-0.25, -0.2) is 12.8 Å². The van der Waals surface area contributed by atoms with Gasteiger partial charge in [0.1, 0.15) is 5.82 Å². The first-order valence-electron chi connectivity index (χ1n) is 6.48. The zero-order valence-corrected chi connectivity index (χ0v) is 13.9. The van der Waals surface area contributed by atoms with Gasteiger partial charge in [0, 0.05) is 13.1 Å². The first kappa shape index (κ1) is 15.9. The molecule has 1 N–H and O–H groups in total. The third kappa shape index (κ3) is 3.05. The van der Waals surface area contributed by atoms with Crippen molar-refractivity contribution in [2.45, 2.75) is 30.7 Å². The Morgan fingerprint density at radius 3 is 2.55 bits per heavy atom. The van der Waals surface area contributed by atoms with E-state index in [-0.39, 0.29) is 15.4 Å². The molecule has 1 aromatic rings. The fourth-order valence-electron chi connectivity index (χ4n) is 2.43. The first-order valence-corrected chi connectivity index (χ1v) is 8.71. The second-order valence-corrected chi connectivity index (χ2v) is 7.85. The Morgan fingerprint density at radius 2 is 1.95 bits per heavy atom. The van der Waals surface area contributed by atoms with E-state index < -0.39 is 15.8 Å². The van der Waals surface area contributed by atoms with Crippen LogP contribution in [0, 0.1) is 12.7 Å². The summed E-state index contributed by atoms with van der Waals surface area (Å²) in [5, 5.41) is 3.21. The van der Waals surface area contributed by atoms with Crippen LogP contribution in [0.25, 0.3) is 0 Å². The van der Waals surface area contributed by atoms with Crippen LogP contribution in [0.3, 0.4) is 0 Å². The van der Waals surface area contributed by atoms with Crippen molar-refractivity contribution in [2.24, 2.45) is 0 Å². The van der Waals surface area contributed by atoms with Gasteiger partial charge >= 0.3 is 0 Å².